The van der Waals surface area contributed by atoms with Crippen molar-refractivity contribution in [1.29, 1.82) is 0 Å². The van der Waals surface area contributed by atoms with Crippen LogP contribution in [0.1, 0.15) is 48.9 Å². The lowest BCUT2D eigenvalue weighted by Crippen LogP contribution is -2.51. The summed E-state index contributed by atoms with van der Waals surface area (Å²) in [5.41, 5.74) is 9.37. The van der Waals surface area contributed by atoms with Crippen LogP contribution in [0.4, 0.5) is 13.2 Å². The number of alkyl halides is 3. The molecule has 2 aliphatic carbocycles. The molecule has 0 radical (unpaired) electrons. The van der Waals surface area contributed by atoms with Gasteiger partial charge in [0, 0.05) is 41.1 Å². The van der Waals surface area contributed by atoms with Crippen LogP contribution in [-0.4, -0.2) is 44.9 Å². The molecule has 2 aliphatic rings. The van der Waals surface area contributed by atoms with Gasteiger partial charge >= 0.3 is 6.36 Å². The van der Waals surface area contributed by atoms with E-state index in [1.54, 1.807) is 13.1 Å². The summed E-state index contributed by atoms with van der Waals surface area (Å²) >= 11 is 0. The Morgan fingerprint density at radius 1 is 1.02 bits per heavy atom. The molecule has 0 saturated heterocycles. The minimum Gasteiger partial charge on any atom is -0.405 e. The zero-order valence-electron chi connectivity index (χ0n) is 25.6. The van der Waals surface area contributed by atoms with Crippen molar-refractivity contribution in [2.24, 2.45) is 12.8 Å². The highest BCUT2D eigenvalue weighted by Gasteiger charge is 2.51. The predicted molar refractivity (Wildman–Crippen MR) is 171 cm³/mol. The molecule has 2 aromatic heterocycles. The third kappa shape index (κ3) is 5.20. The largest absolute Gasteiger partial charge is 0.573 e. The smallest absolute Gasteiger partial charge is 0.405 e. The maximum Gasteiger partial charge on any atom is 0.573 e. The third-order valence-corrected chi connectivity index (χ3v) is 10.8. The molecule has 1 amide bonds. The van der Waals surface area contributed by atoms with E-state index in [0.717, 1.165) is 40.6 Å². The SMILES string of the molecule is Cn1c(-c2ccc(P(C)(C)=O)cc2OC(F)(F)F)nc(-c2cccc3nn(C4CC(C(N)=O)(c5ccccc5)C4)cc23)c1C1CC1. The molecule has 0 atom stereocenters. The van der Waals surface area contributed by atoms with Crippen LogP contribution in [0.25, 0.3) is 33.5 Å². The van der Waals surface area contributed by atoms with Crippen molar-refractivity contribution in [3.8, 4) is 28.4 Å². The first-order valence-corrected chi connectivity index (χ1v) is 17.7. The topological polar surface area (TPSA) is 105 Å². The molecular formula is C34H33F3N5O3P. The van der Waals surface area contributed by atoms with E-state index in [1.807, 2.05) is 64.0 Å². The summed E-state index contributed by atoms with van der Waals surface area (Å²) in [7, 11) is -1.06. The molecule has 12 heteroatoms. The first kappa shape index (κ1) is 30.3. The van der Waals surface area contributed by atoms with Gasteiger partial charge in [0.15, 0.2) is 0 Å². The maximum absolute atomic E-state index is 13.6. The number of halogens is 3. The van der Waals surface area contributed by atoms with Gasteiger partial charge in [-0.25, -0.2) is 4.98 Å². The van der Waals surface area contributed by atoms with Gasteiger partial charge in [-0.05, 0) is 62.8 Å². The normalized spacial score (nSPS) is 20.1. The number of carbonyl (C=O) groups is 1. The number of benzene rings is 3. The van der Waals surface area contributed by atoms with Crippen LogP contribution in [-0.2, 0) is 21.8 Å². The monoisotopic (exact) mass is 647 g/mol. The van der Waals surface area contributed by atoms with Crippen LogP contribution < -0.4 is 15.8 Å². The number of hydrogen-bond donors (Lipinski definition) is 1. The van der Waals surface area contributed by atoms with E-state index in [1.165, 1.54) is 25.5 Å². The molecule has 2 heterocycles. The Morgan fingerprint density at radius 2 is 1.74 bits per heavy atom. The summed E-state index contributed by atoms with van der Waals surface area (Å²) in [5, 5.41) is 6.00. The van der Waals surface area contributed by atoms with Gasteiger partial charge in [-0.15, -0.1) is 13.2 Å². The maximum atomic E-state index is 13.6. The quantitative estimate of drug-likeness (QED) is 0.185. The first-order valence-electron chi connectivity index (χ1n) is 15.1. The van der Waals surface area contributed by atoms with Gasteiger partial charge < -0.3 is 19.6 Å². The van der Waals surface area contributed by atoms with Crippen LogP contribution >= 0.6 is 7.14 Å². The second-order valence-corrected chi connectivity index (χ2v) is 16.0. The predicted octanol–water partition coefficient (Wildman–Crippen LogP) is 6.89. The molecule has 0 unspecified atom stereocenters. The van der Waals surface area contributed by atoms with Gasteiger partial charge in [-0.2, -0.15) is 5.10 Å². The Balaban J connectivity index is 1.31. The molecule has 46 heavy (non-hydrogen) atoms. The number of aromatic nitrogens is 4. The van der Waals surface area contributed by atoms with E-state index >= 15 is 0 Å². The second kappa shape index (κ2) is 10.6. The molecule has 0 aliphatic heterocycles. The number of imidazole rings is 1. The van der Waals surface area contributed by atoms with Crippen LogP contribution in [0, 0.1) is 0 Å². The molecule has 5 aromatic rings. The lowest BCUT2D eigenvalue weighted by molar-refractivity contribution is -0.274. The van der Waals surface area contributed by atoms with Gasteiger partial charge in [0.05, 0.1) is 28.2 Å². The van der Waals surface area contributed by atoms with Gasteiger partial charge in [0.25, 0.3) is 0 Å². The average molecular weight is 648 g/mol. The third-order valence-electron chi connectivity index (χ3n) is 9.32. The van der Waals surface area contributed by atoms with E-state index in [2.05, 4.69) is 4.74 Å². The van der Waals surface area contributed by atoms with Crippen molar-refractivity contribution in [3.63, 3.8) is 0 Å². The Kier molecular flexibility index (Phi) is 6.97. The number of carbonyl (C=O) groups excluding carboxylic acids is 1. The fourth-order valence-electron chi connectivity index (χ4n) is 6.74. The fraction of sp³-hybridized carbons (Fsp3) is 0.324. The molecule has 0 spiro atoms. The number of rotatable bonds is 8. The van der Waals surface area contributed by atoms with E-state index in [9.17, 15) is 22.5 Å². The molecule has 3 aromatic carbocycles. The van der Waals surface area contributed by atoms with Crippen molar-refractivity contribution < 1.29 is 27.3 Å². The number of fused-ring (bicyclic) bond motifs is 1. The Bertz CT molecular complexity index is 2040. The van der Waals surface area contributed by atoms with Crippen molar-refractivity contribution in [2.75, 3.05) is 13.3 Å². The minimum atomic E-state index is -4.94. The second-order valence-electron chi connectivity index (χ2n) is 12.8. The van der Waals surface area contributed by atoms with E-state index in [4.69, 9.17) is 15.8 Å². The van der Waals surface area contributed by atoms with Crippen LogP contribution in [0.3, 0.4) is 0 Å². The number of ether oxygens (including phenoxy) is 1. The van der Waals surface area contributed by atoms with Crippen molar-refractivity contribution in [3.05, 3.63) is 84.2 Å². The molecule has 238 valence electrons. The molecule has 0 bridgehead atoms. The Morgan fingerprint density at radius 3 is 2.37 bits per heavy atom. The van der Waals surface area contributed by atoms with Crippen molar-refractivity contribution >= 4 is 29.3 Å². The zero-order chi connectivity index (χ0) is 32.6. The number of primary amides is 1. The summed E-state index contributed by atoms with van der Waals surface area (Å²) < 4.78 is 61.6. The fourth-order valence-corrected chi connectivity index (χ4v) is 7.60. The van der Waals surface area contributed by atoms with Crippen LogP contribution in [0.5, 0.6) is 5.75 Å². The summed E-state index contributed by atoms with van der Waals surface area (Å²) in [5.74, 6) is -0.270. The number of nitrogens with two attached hydrogens (primary N) is 1. The lowest BCUT2D eigenvalue weighted by Gasteiger charge is -2.45. The van der Waals surface area contributed by atoms with Crippen molar-refractivity contribution in [1.82, 2.24) is 19.3 Å². The highest BCUT2D eigenvalue weighted by atomic mass is 31.2. The van der Waals surface area contributed by atoms with E-state index in [0.29, 0.717) is 24.4 Å². The molecule has 8 nitrogen and oxygen atoms in total. The summed E-state index contributed by atoms with van der Waals surface area (Å²) in [6.07, 6.45) is -0.0482. The first-order chi connectivity index (χ1) is 21.7. The molecule has 2 fully saturated rings. The molecule has 7 rings (SSSR count). The van der Waals surface area contributed by atoms with Crippen LogP contribution in [0.2, 0.25) is 0 Å². The average Bonchev–Trinajstić information content (AvgIpc) is 3.61. The van der Waals surface area contributed by atoms with E-state index in [-0.39, 0.29) is 28.7 Å². The van der Waals surface area contributed by atoms with Gasteiger partial charge in [0.1, 0.15) is 18.7 Å². The van der Waals surface area contributed by atoms with Gasteiger partial charge in [-0.1, -0.05) is 48.5 Å². The number of amides is 1. The van der Waals surface area contributed by atoms with Gasteiger partial charge in [-0.3, -0.25) is 9.48 Å². The number of hydrogen-bond acceptors (Lipinski definition) is 5. The molecular weight excluding hydrogens is 614 g/mol. The minimum absolute atomic E-state index is 0.0381. The van der Waals surface area contributed by atoms with Gasteiger partial charge in [0.2, 0.25) is 5.91 Å². The highest BCUT2D eigenvalue weighted by molar-refractivity contribution is 7.70. The van der Waals surface area contributed by atoms with E-state index < -0.39 is 24.7 Å². The molecule has 2 N–H and O–H groups in total. The zero-order valence-corrected chi connectivity index (χ0v) is 26.5. The lowest BCUT2D eigenvalue weighted by atomic mass is 9.61. The van der Waals surface area contributed by atoms with Crippen molar-refractivity contribution in [2.45, 2.75) is 49.4 Å². The summed E-state index contributed by atoms with van der Waals surface area (Å²) in [6, 6.07) is 19.6. The Hall–Kier alpha value is -4.37. The number of nitrogens with zero attached hydrogens (tertiary/aromatic N) is 4. The summed E-state index contributed by atoms with van der Waals surface area (Å²) in [4.78, 5) is 17.6. The summed E-state index contributed by atoms with van der Waals surface area (Å²) in [6.45, 7) is 3.01. The van der Waals surface area contributed by atoms with Crippen LogP contribution in [0.15, 0.2) is 72.9 Å². The Labute approximate surface area is 263 Å². The highest BCUT2D eigenvalue weighted by Crippen LogP contribution is 2.51. The standard InChI is InChI=1S/C34H33F3N5O3P/c1-41-30(20-12-13-20)29(39-31(41)25-15-14-23(46(2,3)44)16-28(25)45-34(35,36)37)24-10-7-11-27-26(24)19-42(40-27)22-17-33(18-22,32(38)43)21-8-5-4-6-9-21/h4-11,14-16,19-20,22H,12-13,17-18H2,1-3H3,(H2,38,43). The molecule has 2 saturated carbocycles.